The molecule has 2 N–H and O–H groups in total. The van der Waals surface area contributed by atoms with E-state index in [1.165, 1.54) is 25.0 Å². The molecular weight excluding hydrogens is 254 g/mol. The molecule has 0 aliphatic rings. The fourth-order valence-electron chi connectivity index (χ4n) is 1.72. The van der Waals surface area contributed by atoms with Gasteiger partial charge in [0.2, 0.25) is 0 Å². The fraction of sp³-hybridized carbons (Fsp3) is 0.933. The summed E-state index contributed by atoms with van der Waals surface area (Å²) < 4.78 is 0. The van der Waals surface area contributed by atoms with E-state index in [0.29, 0.717) is 5.41 Å². The Kier molecular flexibility index (Phi) is 11.2. The molecule has 19 heavy (non-hydrogen) atoms. The summed E-state index contributed by atoms with van der Waals surface area (Å²) in [6.45, 7) is 11.8. The molecule has 0 aromatic heterocycles. The van der Waals surface area contributed by atoms with E-state index in [0.717, 1.165) is 32.0 Å². The van der Waals surface area contributed by atoms with Gasteiger partial charge in [0.25, 0.3) is 0 Å². The Balaban J connectivity index is 3.82. The minimum Gasteiger partial charge on any atom is -0.357 e. The number of guanidine groups is 1. The van der Waals surface area contributed by atoms with Gasteiger partial charge in [0.05, 0.1) is 0 Å². The lowest BCUT2D eigenvalue weighted by molar-refractivity contribution is 0.368. The second-order valence-electron chi connectivity index (χ2n) is 6.05. The van der Waals surface area contributed by atoms with Gasteiger partial charge in [0.1, 0.15) is 0 Å². The van der Waals surface area contributed by atoms with Crippen LogP contribution in [-0.2, 0) is 0 Å². The number of nitrogens with zero attached hydrogens (tertiary/aromatic N) is 1. The Bertz CT molecular complexity index is 234. The lowest BCUT2D eigenvalue weighted by Gasteiger charge is -2.17. The van der Waals surface area contributed by atoms with Crippen LogP contribution in [0.5, 0.6) is 0 Å². The maximum atomic E-state index is 4.62. The number of hydrogen-bond acceptors (Lipinski definition) is 2. The third kappa shape index (κ3) is 13.8. The second-order valence-corrected chi connectivity index (χ2v) is 7.04. The summed E-state index contributed by atoms with van der Waals surface area (Å²) in [5, 5.41) is 6.71. The van der Waals surface area contributed by atoms with Crippen LogP contribution in [-0.4, -0.2) is 37.6 Å². The molecule has 114 valence electrons. The second kappa shape index (κ2) is 11.4. The number of unbranched alkanes of at least 4 members (excludes halogenated alkanes) is 1. The van der Waals surface area contributed by atoms with E-state index < -0.39 is 0 Å². The van der Waals surface area contributed by atoms with Gasteiger partial charge in [-0.25, -0.2) is 0 Å². The van der Waals surface area contributed by atoms with Crippen molar-refractivity contribution in [3.63, 3.8) is 0 Å². The number of thioether (sulfide) groups is 1. The Morgan fingerprint density at radius 1 is 1.11 bits per heavy atom. The first-order valence-electron chi connectivity index (χ1n) is 7.50. The van der Waals surface area contributed by atoms with Crippen LogP contribution in [0, 0.1) is 5.41 Å². The Hall–Kier alpha value is -0.380. The molecule has 0 rings (SSSR count). The zero-order valence-corrected chi connectivity index (χ0v) is 14.3. The Morgan fingerprint density at radius 2 is 1.84 bits per heavy atom. The zero-order chi connectivity index (χ0) is 14.6. The van der Waals surface area contributed by atoms with Crippen molar-refractivity contribution in [1.29, 1.82) is 0 Å². The summed E-state index contributed by atoms with van der Waals surface area (Å²) in [6, 6.07) is 0. The molecule has 0 aliphatic carbocycles. The van der Waals surface area contributed by atoms with E-state index in [2.05, 4.69) is 49.6 Å². The van der Waals surface area contributed by atoms with Crippen LogP contribution in [0.25, 0.3) is 0 Å². The highest BCUT2D eigenvalue weighted by Crippen LogP contribution is 2.20. The maximum absolute atomic E-state index is 4.62. The van der Waals surface area contributed by atoms with Crippen LogP contribution in [0.3, 0.4) is 0 Å². The lowest BCUT2D eigenvalue weighted by Crippen LogP contribution is -2.37. The van der Waals surface area contributed by atoms with Gasteiger partial charge < -0.3 is 10.6 Å². The van der Waals surface area contributed by atoms with Gasteiger partial charge in [-0.3, -0.25) is 4.99 Å². The van der Waals surface area contributed by atoms with Crippen molar-refractivity contribution < 1.29 is 0 Å². The first-order chi connectivity index (χ1) is 8.99. The van der Waals surface area contributed by atoms with Crippen molar-refractivity contribution in [1.82, 2.24) is 10.6 Å². The predicted molar refractivity (Wildman–Crippen MR) is 90.3 cm³/mol. The van der Waals surface area contributed by atoms with Crippen molar-refractivity contribution in [2.24, 2.45) is 10.4 Å². The van der Waals surface area contributed by atoms with E-state index in [9.17, 15) is 0 Å². The fourth-order valence-corrected chi connectivity index (χ4v) is 2.21. The van der Waals surface area contributed by atoms with E-state index >= 15 is 0 Å². The molecule has 0 unspecified atom stereocenters. The number of rotatable bonds is 9. The van der Waals surface area contributed by atoms with Gasteiger partial charge in [0.15, 0.2) is 5.96 Å². The SMILES string of the molecule is CCNC(=NCCCC(C)(C)C)NCCCCSC. The molecule has 0 aromatic rings. The molecule has 0 aromatic carbocycles. The normalized spacial score (nSPS) is 12.6. The van der Waals surface area contributed by atoms with Crippen LogP contribution < -0.4 is 10.6 Å². The van der Waals surface area contributed by atoms with Gasteiger partial charge in [-0.2, -0.15) is 11.8 Å². The molecule has 0 saturated carbocycles. The quantitative estimate of drug-likeness (QED) is 0.387. The standard InChI is InChI=1S/C15H33N3S/c1-6-16-14(17-11-7-8-13-19-5)18-12-9-10-15(2,3)4/h6-13H2,1-5H3,(H2,16,17,18). The molecule has 0 bridgehead atoms. The van der Waals surface area contributed by atoms with Crippen LogP contribution in [0.2, 0.25) is 0 Å². The minimum atomic E-state index is 0.416. The molecule has 0 atom stereocenters. The van der Waals surface area contributed by atoms with Gasteiger partial charge in [0, 0.05) is 19.6 Å². The number of nitrogens with one attached hydrogen (secondary N) is 2. The predicted octanol–water partition coefficient (Wildman–Crippen LogP) is 3.51. The van der Waals surface area contributed by atoms with Crippen LogP contribution in [0.15, 0.2) is 4.99 Å². The van der Waals surface area contributed by atoms with Gasteiger partial charge in [-0.1, -0.05) is 20.8 Å². The molecule has 0 spiro atoms. The average molecular weight is 288 g/mol. The van der Waals surface area contributed by atoms with E-state index in [4.69, 9.17) is 0 Å². The molecule has 0 aliphatic heterocycles. The monoisotopic (exact) mass is 287 g/mol. The van der Waals surface area contributed by atoms with Gasteiger partial charge in [-0.15, -0.1) is 0 Å². The summed E-state index contributed by atoms with van der Waals surface area (Å²) in [6.07, 6.45) is 7.04. The average Bonchev–Trinajstić information content (AvgIpc) is 2.33. The first-order valence-corrected chi connectivity index (χ1v) is 8.90. The van der Waals surface area contributed by atoms with Crippen LogP contribution in [0.4, 0.5) is 0 Å². The highest BCUT2D eigenvalue weighted by atomic mass is 32.2. The smallest absolute Gasteiger partial charge is 0.191 e. The molecule has 4 heteroatoms. The number of aliphatic imine (C=N–C) groups is 1. The molecular formula is C15H33N3S. The van der Waals surface area contributed by atoms with E-state index in [1.54, 1.807) is 0 Å². The number of hydrogen-bond donors (Lipinski definition) is 2. The van der Waals surface area contributed by atoms with Crippen molar-refractivity contribution >= 4 is 17.7 Å². The minimum absolute atomic E-state index is 0.416. The van der Waals surface area contributed by atoms with Gasteiger partial charge in [-0.05, 0) is 50.0 Å². The molecule has 0 amide bonds. The van der Waals surface area contributed by atoms with Crippen molar-refractivity contribution in [2.75, 3.05) is 31.6 Å². The molecule has 0 saturated heterocycles. The Morgan fingerprint density at radius 3 is 2.42 bits per heavy atom. The molecule has 0 heterocycles. The van der Waals surface area contributed by atoms with Crippen LogP contribution >= 0.6 is 11.8 Å². The highest BCUT2D eigenvalue weighted by molar-refractivity contribution is 7.98. The molecule has 3 nitrogen and oxygen atoms in total. The summed E-state index contributed by atoms with van der Waals surface area (Å²) >= 11 is 1.92. The van der Waals surface area contributed by atoms with Crippen molar-refractivity contribution in [3.05, 3.63) is 0 Å². The van der Waals surface area contributed by atoms with E-state index in [-0.39, 0.29) is 0 Å². The zero-order valence-electron chi connectivity index (χ0n) is 13.5. The Labute approximate surface area is 124 Å². The summed E-state index contributed by atoms with van der Waals surface area (Å²) in [5.74, 6) is 2.22. The topological polar surface area (TPSA) is 36.4 Å². The third-order valence-electron chi connectivity index (χ3n) is 2.77. The lowest BCUT2D eigenvalue weighted by atomic mass is 9.91. The first kappa shape index (κ1) is 18.6. The van der Waals surface area contributed by atoms with Crippen LogP contribution in [0.1, 0.15) is 53.4 Å². The largest absolute Gasteiger partial charge is 0.357 e. The highest BCUT2D eigenvalue weighted by Gasteiger charge is 2.08. The summed E-state index contributed by atoms with van der Waals surface area (Å²) in [4.78, 5) is 4.62. The van der Waals surface area contributed by atoms with E-state index in [1.807, 2.05) is 11.8 Å². The van der Waals surface area contributed by atoms with Gasteiger partial charge >= 0.3 is 0 Å². The van der Waals surface area contributed by atoms with Crippen molar-refractivity contribution in [2.45, 2.75) is 53.4 Å². The molecule has 0 fully saturated rings. The third-order valence-corrected chi connectivity index (χ3v) is 3.46. The summed E-state index contributed by atoms with van der Waals surface area (Å²) in [5.41, 5.74) is 0.416. The summed E-state index contributed by atoms with van der Waals surface area (Å²) in [7, 11) is 0. The maximum Gasteiger partial charge on any atom is 0.191 e. The van der Waals surface area contributed by atoms with Crippen molar-refractivity contribution in [3.8, 4) is 0 Å². The molecule has 0 radical (unpaired) electrons.